The van der Waals surface area contributed by atoms with E-state index in [0.29, 0.717) is 35.6 Å². The molecule has 1 aromatic carbocycles. The third kappa shape index (κ3) is 3.80. The van der Waals surface area contributed by atoms with Gasteiger partial charge in [0.25, 0.3) is 0 Å². The Labute approximate surface area is 202 Å². The molecule has 4 fully saturated rings. The van der Waals surface area contributed by atoms with Gasteiger partial charge in [-0.25, -0.2) is 0 Å². The smallest absolute Gasteiger partial charge is 0.353 e. The van der Waals surface area contributed by atoms with Crippen LogP contribution in [0.1, 0.15) is 70.0 Å². The minimum atomic E-state index is -3.07. The number of carbonyl (C=O) groups is 1. The molecule has 34 heavy (non-hydrogen) atoms. The highest BCUT2D eigenvalue weighted by Crippen LogP contribution is 2.76. The molecule has 1 N–H and O–H groups in total. The summed E-state index contributed by atoms with van der Waals surface area (Å²) in [5.41, 5.74) is 3.19. The van der Waals surface area contributed by atoms with E-state index in [2.05, 4.69) is 0 Å². The molecule has 7 rings (SSSR count). The number of Topliss-reactive ketones (excluding diaryl/α,β-unsaturated/α-hetero) is 1. The number of rotatable bonds is 7. The Kier molecular flexibility index (Phi) is 5.05. The lowest BCUT2D eigenvalue weighted by molar-refractivity contribution is -0.266. The Balaban J connectivity index is 0.990. The molecular weight excluding hydrogens is 464 g/mol. The second kappa shape index (κ2) is 7.58. The van der Waals surface area contributed by atoms with Crippen molar-refractivity contribution < 1.29 is 28.2 Å². The van der Waals surface area contributed by atoms with Gasteiger partial charge in [-0.15, -0.1) is 0 Å². The zero-order chi connectivity index (χ0) is 23.9. The van der Waals surface area contributed by atoms with Gasteiger partial charge in [0.05, 0.1) is 12.2 Å². The Bertz CT molecular complexity index is 1080. The molecule has 0 amide bonds. The monoisotopic (exact) mass is 491 g/mol. The number of allylic oxidation sites excluding steroid dienone is 1. The lowest BCUT2D eigenvalue weighted by Gasteiger charge is -2.71. The third-order valence-corrected chi connectivity index (χ3v) is 8.68. The number of ketones is 1. The van der Waals surface area contributed by atoms with Crippen molar-refractivity contribution in [3.05, 3.63) is 40.6 Å². The maximum Gasteiger partial charge on any atom is 0.353 e. The first kappa shape index (κ1) is 22.6. The van der Waals surface area contributed by atoms with Crippen LogP contribution < -0.4 is 4.74 Å². The fraction of sp³-hybridized carbons (Fsp3) is 0.615. The molecule has 4 saturated carbocycles. The van der Waals surface area contributed by atoms with Crippen molar-refractivity contribution in [3.63, 3.8) is 0 Å². The average Bonchev–Trinajstić information content (AvgIpc) is 3.14. The Morgan fingerprint density at radius 2 is 2.03 bits per heavy atom. The average molecular weight is 492 g/mol. The van der Waals surface area contributed by atoms with E-state index >= 15 is 0 Å². The van der Waals surface area contributed by atoms with Gasteiger partial charge >= 0.3 is 6.11 Å². The Hall–Kier alpha value is -1.83. The first-order valence-corrected chi connectivity index (χ1v) is 12.4. The minimum absolute atomic E-state index is 0.0268. The molecule has 2 aliphatic heterocycles. The van der Waals surface area contributed by atoms with Crippen molar-refractivity contribution >= 4 is 23.1 Å². The number of hydrogen-bond acceptors (Lipinski definition) is 5. The largest absolute Gasteiger partial charge is 0.482 e. The summed E-state index contributed by atoms with van der Waals surface area (Å²) in [6.07, 6.45) is 2.80. The molecule has 182 valence electrons. The standard InChI is InChI=1S/C26H28ClF2NO4/c1-24(28,29)34-17-4-14(5-17)15-6-23(30-10-15)26-11-25(12-26,13-26)9-20(32)22-8-19(31)18-7-16(27)2-3-21(18)33-22/h2-3,7,10,14,17,19,22,31H,4-6,8-9,11-13H2,1H3/t14?,17?,19-,22-,25?,26?/m1/s1. The summed E-state index contributed by atoms with van der Waals surface area (Å²) in [6, 6.07) is 5.10. The van der Waals surface area contributed by atoms with Crippen LogP contribution in [-0.2, 0) is 9.53 Å². The zero-order valence-corrected chi connectivity index (χ0v) is 19.8. The van der Waals surface area contributed by atoms with Gasteiger partial charge in [-0.3, -0.25) is 9.79 Å². The van der Waals surface area contributed by atoms with Crippen molar-refractivity contribution in [2.45, 2.75) is 82.7 Å². The molecule has 0 spiro atoms. The van der Waals surface area contributed by atoms with Crippen molar-refractivity contribution in [2.24, 2.45) is 21.7 Å². The predicted octanol–water partition coefficient (Wildman–Crippen LogP) is 5.79. The second-order valence-corrected chi connectivity index (χ2v) is 11.6. The maximum absolute atomic E-state index is 13.0. The van der Waals surface area contributed by atoms with Crippen molar-refractivity contribution in [3.8, 4) is 5.75 Å². The lowest BCUT2D eigenvalue weighted by atomic mass is 9.32. The van der Waals surface area contributed by atoms with Crippen LogP contribution >= 0.6 is 11.6 Å². The highest BCUT2D eigenvalue weighted by atomic mass is 35.5. The Morgan fingerprint density at radius 1 is 1.29 bits per heavy atom. The van der Waals surface area contributed by atoms with Crippen LogP contribution in [0.3, 0.4) is 0 Å². The molecule has 0 unspecified atom stereocenters. The molecule has 5 nitrogen and oxygen atoms in total. The van der Waals surface area contributed by atoms with E-state index < -0.39 is 18.3 Å². The van der Waals surface area contributed by atoms with Crippen LogP contribution in [0, 0.1) is 16.7 Å². The first-order valence-electron chi connectivity index (χ1n) is 12.0. The van der Waals surface area contributed by atoms with E-state index in [9.17, 15) is 18.7 Å². The van der Waals surface area contributed by atoms with Crippen LogP contribution in [0.4, 0.5) is 8.78 Å². The summed E-state index contributed by atoms with van der Waals surface area (Å²) in [7, 11) is 0. The second-order valence-electron chi connectivity index (χ2n) is 11.2. The SMILES string of the molecule is CC(F)(F)OC1CC(C2=CN=C(C34CC(CC(=O)[C@H]5C[C@@H](O)c6cc(Cl)ccc6O5)(C3)C4)C2)C1. The molecule has 2 atom stereocenters. The van der Waals surface area contributed by atoms with E-state index in [1.165, 1.54) is 11.3 Å². The van der Waals surface area contributed by atoms with E-state index in [1.807, 2.05) is 6.20 Å². The molecule has 2 bridgehead atoms. The van der Waals surface area contributed by atoms with Gasteiger partial charge in [0.1, 0.15) is 5.75 Å². The topological polar surface area (TPSA) is 68.1 Å². The molecule has 0 aromatic heterocycles. The number of nitrogens with zero attached hydrogens (tertiary/aromatic N) is 1. The molecule has 2 heterocycles. The van der Waals surface area contributed by atoms with Crippen LogP contribution in [0.2, 0.25) is 5.02 Å². The molecule has 8 heteroatoms. The fourth-order valence-electron chi connectivity index (χ4n) is 6.87. The van der Waals surface area contributed by atoms with Crippen LogP contribution in [0.15, 0.2) is 35.0 Å². The van der Waals surface area contributed by atoms with Crippen molar-refractivity contribution in [2.75, 3.05) is 0 Å². The van der Waals surface area contributed by atoms with Gasteiger partial charge in [0.2, 0.25) is 0 Å². The highest BCUT2D eigenvalue weighted by molar-refractivity contribution is 6.30. The predicted molar refractivity (Wildman–Crippen MR) is 122 cm³/mol. The summed E-state index contributed by atoms with van der Waals surface area (Å²) in [6.45, 7) is 0.789. The molecule has 0 radical (unpaired) electrons. The molecule has 6 aliphatic rings. The van der Waals surface area contributed by atoms with E-state index in [4.69, 9.17) is 26.1 Å². The van der Waals surface area contributed by atoms with Crippen LogP contribution in [0.25, 0.3) is 0 Å². The van der Waals surface area contributed by atoms with Crippen LogP contribution in [0.5, 0.6) is 5.75 Å². The number of aliphatic hydroxyl groups is 1. The fourth-order valence-corrected chi connectivity index (χ4v) is 7.05. The van der Waals surface area contributed by atoms with Crippen molar-refractivity contribution in [1.29, 1.82) is 0 Å². The first-order chi connectivity index (χ1) is 16.0. The summed E-state index contributed by atoms with van der Waals surface area (Å²) < 4.78 is 36.7. The number of fused-ring (bicyclic) bond motifs is 1. The van der Waals surface area contributed by atoms with E-state index in [0.717, 1.165) is 32.6 Å². The van der Waals surface area contributed by atoms with E-state index in [-0.39, 0.29) is 35.1 Å². The number of ether oxygens (including phenoxy) is 2. The summed E-state index contributed by atoms with van der Waals surface area (Å²) in [5, 5.41) is 11.0. The van der Waals surface area contributed by atoms with Gasteiger partial charge in [0.15, 0.2) is 11.9 Å². The number of halogens is 3. The summed E-state index contributed by atoms with van der Waals surface area (Å²) in [5.74, 6) is 0.859. The number of hydrogen-bond donors (Lipinski definition) is 1. The number of alkyl halides is 2. The van der Waals surface area contributed by atoms with Gasteiger partial charge < -0.3 is 14.6 Å². The van der Waals surface area contributed by atoms with Gasteiger partial charge in [-0.1, -0.05) is 11.6 Å². The van der Waals surface area contributed by atoms with Gasteiger partial charge in [0, 0.05) is 54.1 Å². The number of aliphatic hydroxyl groups excluding tert-OH is 1. The van der Waals surface area contributed by atoms with Crippen LogP contribution in [-0.4, -0.2) is 34.9 Å². The highest BCUT2D eigenvalue weighted by Gasteiger charge is 2.70. The third-order valence-electron chi connectivity index (χ3n) is 8.45. The Morgan fingerprint density at radius 3 is 2.74 bits per heavy atom. The summed E-state index contributed by atoms with van der Waals surface area (Å²) in [4.78, 5) is 17.7. The molecular formula is C26H28ClF2NO4. The molecule has 4 aliphatic carbocycles. The lowest BCUT2D eigenvalue weighted by Crippen LogP contribution is -2.66. The minimum Gasteiger partial charge on any atom is -0.482 e. The normalized spacial score (nSPS) is 37.9. The quantitative estimate of drug-likeness (QED) is 0.524. The molecule has 0 saturated heterocycles. The summed E-state index contributed by atoms with van der Waals surface area (Å²) >= 11 is 6.01. The van der Waals surface area contributed by atoms with Gasteiger partial charge in [-0.2, -0.15) is 8.78 Å². The molecule has 1 aromatic rings. The maximum atomic E-state index is 13.0. The van der Waals surface area contributed by atoms with Gasteiger partial charge in [-0.05, 0) is 67.2 Å². The zero-order valence-electron chi connectivity index (χ0n) is 19.0. The van der Waals surface area contributed by atoms with E-state index in [1.54, 1.807) is 18.2 Å². The number of aliphatic imine (C=N–C) groups is 1. The van der Waals surface area contributed by atoms with Crippen molar-refractivity contribution in [1.82, 2.24) is 0 Å². The number of carbonyl (C=O) groups excluding carboxylic acids is 1. The number of benzene rings is 1.